The van der Waals surface area contributed by atoms with E-state index in [1.165, 1.54) is 16.4 Å². The maximum absolute atomic E-state index is 13.3. The second kappa shape index (κ2) is 10.4. The number of nitrogens with zero attached hydrogens (tertiary/aromatic N) is 2. The Morgan fingerprint density at radius 3 is 2.47 bits per heavy atom. The van der Waals surface area contributed by atoms with Gasteiger partial charge in [-0.05, 0) is 67.5 Å². The van der Waals surface area contributed by atoms with Crippen LogP contribution in [-0.2, 0) is 14.8 Å². The Balaban J connectivity index is 1.66. The lowest BCUT2D eigenvalue weighted by Gasteiger charge is -2.34. The van der Waals surface area contributed by atoms with Gasteiger partial charge in [0.25, 0.3) is 0 Å². The number of hydrogen-bond donors (Lipinski definition) is 1. The lowest BCUT2D eigenvalue weighted by molar-refractivity contribution is -0.149. The van der Waals surface area contributed by atoms with Crippen LogP contribution in [0.2, 0.25) is 0 Å². The molecule has 2 aromatic rings. The quantitative estimate of drug-likeness (QED) is 0.349. The van der Waals surface area contributed by atoms with Gasteiger partial charge < -0.3 is 4.74 Å². The number of benzene rings is 2. The number of hydroxylamine groups is 2. The van der Waals surface area contributed by atoms with E-state index in [0.29, 0.717) is 43.2 Å². The first kappa shape index (κ1) is 24.2. The highest BCUT2D eigenvalue weighted by atomic mass is 32.2. The van der Waals surface area contributed by atoms with Crippen molar-refractivity contribution < 1.29 is 27.5 Å². The Bertz CT molecular complexity index is 1020. The van der Waals surface area contributed by atoms with E-state index < -0.39 is 27.6 Å². The summed E-state index contributed by atoms with van der Waals surface area (Å²) in [4.78, 5) is 10.9. The van der Waals surface area contributed by atoms with Gasteiger partial charge in [-0.2, -0.15) is 0 Å². The van der Waals surface area contributed by atoms with Crippen molar-refractivity contribution in [2.24, 2.45) is 5.92 Å². The van der Waals surface area contributed by atoms with Crippen LogP contribution in [0.5, 0.6) is 5.75 Å². The molecule has 7 nitrogen and oxygen atoms in total. The van der Waals surface area contributed by atoms with Gasteiger partial charge >= 0.3 is 0 Å². The number of piperidine rings is 1. The first-order valence-electron chi connectivity index (χ1n) is 10.6. The second-order valence-corrected chi connectivity index (χ2v) is 10.4. The molecule has 1 amide bonds. The topological polar surface area (TPSA) is 87.2 Å². The number of aryl methyl sites for hydroxylation is 2. The van der Waals surface area contributed by atoms with Crippen LogP contribution in [0.1, 0.15) is 34.8 Å². The van der Waals surface area contributed by atoms with E-state index in [1.807, 2.05) is 32.0 Å². The molecule has 2 aromatic carbocycles. The number of halogens is 1. The molecule has 1 aliphatic rings. The van der Waals surface area contributed by atoms with E-state index >= 15 is 0 Å². The van der Waals surface area contributed by atoms with E-state index in [4.69, 9.17) is 4.74 Å². The van der Waals surface area contributed by atoms with Crippen molar-refractivity contribution in [1.29, 1.82) is 0 Å². The molecule has 1 fully saturated rings. The van der Waals surface area contributed by atoms with Crippen LogP contribution < -0.4 is 4.74 Å². The van der Waals surface area contributed by atoms with E-state index in [-0.39, 0.29) is 12.3 Å². The van der Waals surface area contributed by atoms with Crippen molar-refractivity contribution in [3.63, 3.8) is 0 Å². The number of amides is 1. The molecule has 0 aromatic heterocycles. The Kier molecular flexibility index (Phi) is 7.86. The van der Waals surface area contributed by atoms with Crippen molar-refractivity contribution in [3.8, 4) is 5.75 Å². The predicted octanol–water partition coefficient (Wildman–Crippen LogP) is 3.45. The SMILES string of the molecule is Cc1ccc(C)c(OCC2CCN(S(=O)(=O)C(CN(O)C=O)c3ccc(F)cc3)CC2)c1. The minimum atomic E-state index is -3.89. The van der Waals surface area contributed by atoms with Crippen LogP contribution in [0.3, 0.4) is 0 Å². The van der Waals surface area contributed by atoms with E-state index in [1.54, 1.807) is 0 Å². The van der Waals surface area contributed by atoms with Gasteiger partial charge in [-0.1, -0.05) is 24.3 Å². The Morgan fingerprint density at radius 2 is 1.84 bits per heavy atom. The van der Waals surface area contributed by atoms with Crippen molar-refractivity contribution in [1.82, 2.24) is 9.37 Å². The molecule has 1 N–H and O–H groups in total. The zero-order valence-electron chi connectivity index (χ0n) is 18.3. The zero-order chi connectivity index (χ0) is 23.3. The number of rotatable bonds is 9. The molecule has 0 radical (unpaired) electrons. The van der Waals surface area contributed by atoms with E-state index in [0.717, 1.165) is 29.0 Å². The first-order chi connectivity index (χ1) is 15.2. The van der Waals surface area contributed by atoms with E-state index in [2.05, 4.69) is 0 Å². The van der Waals surface area contributed by atoms with Gasteiger partial charge in [0.05, 0.1) is 13.2 Å². The van der Waals surface area contributed by atoms with Gasteiger partial charge in [0.15, 0.2) is 0 Å². The summed E-state index contributed by atoms with van der Waals surface area (Å²) >= 11 is 0. The predicted molar refractivity (Wildman–Crippen MR) is 118 cm³/mol. The first-order valence-corrected chi connectivity index (χ1v) is 12.1. The summed E-state index contributed by atoms with van der Waals surface area (Å²) in [7, 11) is -3.89. The lowest BCUT2D eigenvalue weighted by atomic mass is 9.99. The van der Waals surface area contributed by atoms with Crippen LogP contribution in [0.15, 0.2) is 42.5 Å². The lowest BCUT2D eigenvalue weighted by Crippen LogP contribution is -2.44. The molecule has 3 rings (SSSR count). The molecule has 1 unspecified atom stereocenters. The third-order valence-corrected chi connectivity index (χ3v) is 8.05. The molecule has 0 saturated carbocycles. The molecule has 0 aliphatic carbocycles. The highest BCUT2D eigenvalue weighted by Gasteiger charge is 2.37. The molecular weight excluding hydrogens is 435 g/mol. The number of sulfonamides is 1. The van der Waals surface area contributed by atoms with Gasteiger partial charge in [0.1, 0.15) is 16.8 Å². The third-order valence-electron chi connectivity index (χ3n) is 5.83. The molecule has 0 spiro atoms. The maximum Gasteiger partial charge on any atom is 0.233 e. The second-order valence-electron chi connectivity index (χ2n) is 8.23. The fourth-order valence-corrected chi connectivity index (χ4v) is 5.76. The molecule has 32 heavy (non-hydrogen) atoms. The van der Waals surface area contributed by atoms with Crippen molar-refractivity contribution in [3.05, 3.63) is 65.0 Å². The van der Waals surface area contributed by atoms with Crippen LogP contribution in [0.25, 0.3) is 0 Å². The summed E-state index contributed by atoms with van der Waals surface area (Å²) in [6.45, 7) is 4.69. The Morgan fingerprint density at radius 1 is 1.19 bits per heavy atom. The fraction of sp³-hybridized carbons (Fsp3) is 0.435. The molecule has 1 saturated heterocycles. The van der Waals surface area contributed by atoms with Gasteiger partial charge in [-0.25, -0.2) is 22.2 Å². The van der Waals surface area contributed by atoms with Crippen LogP contribution in [0, 0.1) is 25.6 Å². The number of carbonyl (C=O) groups is 1. The molecule has 1 aliphatic heterocycles. The highest BCUT2D eigenvalue weighted by Crippen LogP contribution is 2.31. The summed E-state index contributed by atoms with van der Waals surface area (Å²) < 4.78 is 47.4. The minimum Gasteiger partial charge on any atom is -0.493 e. The van der Waals surface area contributed by atoms with Crippen LogP contribution in [-0.4, -0.2) is 55.6 Å². The summed E-state index contributed by atoms with van der Waals surface area (Å²) in [6.07, 6.45) is 1.43. The molecule has 174 valence electrons. The average molecular weight is 465 g/mol. The van der Waals surface area contributed by atoms with Crippen LogP contribution in [0.4, 0.5) is 4.39 Å². The Hall–Kier alpha value is -2.49. The average Bonchev–Trinajstić information content (AvgIpc) is 2.78. The Labute approximate surface area is 188 Å². The molecular formula is C23H29FN2O5S. The summed E-state index contributed by atoms with van der Waals surface area (Å²) in [5, 5.41) is 8.77. The van der Waals surface area contributed by atoms with Gasteiger partial charge in [-0.3, -0.25) is 10.0 Å². The minimum absolute atomic E-state index is 0.156. The smallest absolute Gasteiger partial charge is 0.233 e. The van der Waals surface area contributed by atoms with Crippen molar-refractivity contribution in [2.45, 2.75) is 31.9 Å². The van der Waals surface area contributed by atoms with Crippen molar-refractivity contribution in [2.75, 3.05) is 26.2 Å². The van der Waals surface area contributed by atoms with Crippen molar-refractivity contribution >= 4 is 16.4 Å². The number of carbonyl (C=O) groups excluding carboxylic acids is 1. The largest absolute Gasteiger partial charge is 0.493 e. The maximum atomic E-state index is 13.3. The summed E-state index contributed by atoms with van der Waals surface area (Å²) in [5.41, 5.74) is 2.49. The van der Waals surface area contributed by atoms with Gasteiger partial charge in [0.2, 0.25) is 16.4 Å². The standard InChI is InChI=1S/C23H29FN2O5S/c1-17-3-4-18(2)22(13-17)31-15-19-9-11-26(12-10-19)32(29,30)23(14-25(28)16-27)20-5-7-21(24)8-6-20/h3-8,13,16,19,23,28H,9-12,14-15H2,1-2H3. The third kappa shape index (κ3) is 5.85. The summed E-state index contributed by atoms with van der Waals surface area (Å²) in [6, 6.07) is 11.1. The fourth-order valence-electron chi connectivity index (χ4n) is 3.84. The van der Waals surface area contributed by atoms with E-state index in [9.17, 15) is 22.8 Å². The van der Waals surface area contributed by atoms with Gasteiger partial charge in [-0.15, -0.1) is 0 Å². The molecule has 0 bridgehead atoms. The normalized spacial score (nSPS) is 16.5. The molecule has 9 heteroatoms. The summed E-state index contributed by atoms with van der Waals surface area (Å²) in [5.74, 6) is 0.564. The van der Waals surface area contributed by atoms with Gasteiger partial charge in [0, 0.05) is 13.1 Å². The number of hydrogen-bond acceptors (Lipinski definition) is 5. The van der Waals surface area contributed by atoms with Crippen LogP contribution >= 0.6 is 0 Å². The molecule has 1 atom stereocenters. The zero-order valence-corrected chi connectivity index (χ0v) is 19.1. The molecule has 1 heterocycles. The highest BCUT2D eigenvalue weighted by molar-refractivity contribution is 7.89. The number of ether oxygens (including phenoxy) is 1. The monoisotopic (exact) mass is 464 g/mol.